The van der Waals surface area contributed by atoms with Gasteiger partial charge < -0.3 is 4.90 Å². The van der Waals surface area contributed by atoms with E-state index in [1.54, 1.807) is 20.9 Å². The van der Waals surface area contributed by atoms with Gasteiger partial charge in [0, 0.05) is 13.6 Å². The molecule has 1 rings (SSSR count). The van der Waals surface area contributed by atoms with E-state index < -0.39 is 10.0 Å². The van der Waals surface area contributed by atoms with Gasteiger partial charge in [-0.25, -0.2) is 13.1 Å². The lowest BCUT2D eigenvalue weighted by Crippen LogP contribution is -2.38. The van der Waals surface area contributed by atoms with Gasteiger partial charge in [0.05, 0.1) is 23.1 Å². The van der Waals surface area contributed by atoms with E-state index in [2.05, 4.69) is 4.72 Å². The Morgan fingerprint density at radius 2 is 2.10 bits per heavy atom. The van der Waals surface area contributed by atoms with Crippen LogP contribution in [0, 0.1) is 18.3 Å². The van der Waals surface area contributed by atoms with E-state index >= 15 is 0 Å². The van der Waals surface area contributed by atoms with Gasteiger partial charge >= 0.3 is 0 Å². The van der Waals surface area contributed by atoms with Crippen LogP contribution in [-0.2, 0) is 14.8 Å². The van der Waals surface area contributed by atoms with E-state index in [4.69, 9.17) is 5.26 Å². The molecule has 0 saturated carbocycles. The lowest BCUT2D eigenvalue weighted by Gasteiger charge is -2.15. The monoisotopic (exact) mass is 295 g/mol. The molecule has 0 saturated heterocycles. The predicted octanol–water partition coefficient (Wildman–Crippen LogP) is 0.623. The average Bonchev–Trinajstić information content (AvgIpc) is 2.43. The predicted molar refractivity (Wildman–Crippen MR) is 74.4 cm³/mol. The Hall–Kier alpha value is -1.91. The summed E-state index contributed by atoms with van der Waals surface area (Å²) in [7, 11) is -2.16. The third kappa shape index (κ3) is 3.79. The molecule has 0 aliphatic heterocycles. The minimum absolute atomic E-state index is 0.0726. The molecule has 1 aromatic carbocycles. The first-order valence-electron chi connectivity index (χ1n) is 6.06. The number of likely N-dealkylation sites (N-methyl/N-ethyl adjacent to an activating group) is 1. The van der Waals surface area contributed by atoms with Crippen LogP contribution < -0.4 is 4.72 Å². The van der Waals surface area contributed by atoms with Gasteiger partial charge in [0.1, 0.15) is 0 Å². The average molecular weight is 295 g/mol. The number of rotatable bonds is 5. The van der Waals surface area contributed by atoms with Gasteiger partial charge in [-0.3, -0.25) is 4.79 Å². The number of aryl methyl sites for hydroxylation is 1. The van der Waals surface area contributed by atoms with Gasteiger partial charge in [0.15, 0.2) is 0 Å². The Morgan fingerprint density at radius 3 is 2.60 bits per heavy atom. The van der Waals surface area contributed by atoms with Gasteiger partial charge in [0.2, 0.25) is 15.9 Å². The fourth-order valence-electron chi connectivity index (χ4n) is 1.57. The highest BCUT2D eigenvalue weighted by atomic mass is 32.2. The number of hydrogen-bond acceptors (Lipinski definition) is 4. The van der Waals surface area contributed by atoms with E-state index in [0.29, 0.717) is 17.7 Å². The normalized spacial score (nSPS) is 10.9. The van der Waals surface area contributed by atoms with E-state index in [0.717, 1.165) is 0 Å². The Labute approximate surface area is 119 Å². The number of nitrogens with one attached hydrogen (secondary N) is 1. The molecule has 0 spiro atoms. The van der Waals surface area contributed by atoms with Gasteiger partial charge in [-0.05, 0) is 37.6 Å². The first-order chi connectivity index (χ1) is 9.31. The van der Waals surface area contributed by atoms with E-state index in [9.17, 15) is 13.2 Å². The first-order valence-corrected chi connectivity index (χ1v) is 7.54. The number of hydrogen-bond donors (Lipinski definition) is 1. The molecule has 20 heavy (non-hydrogen) atoms. The molecule has 0 radical (unpaired) electrons. The van der Waals surface area contributed by atoms with Crippen molar-refractivity contribution in [2.75, 3.05) is 20.1 Å². The molecule has 0 aliphatic carbocycles. The minimum Gasteiger partial charge on any atom is -0.345 e. The third-order valence-corrected chi connectivity index (χ3v) is 4.47. The number of nitrogens with zero attached hydrogens (tertiary/aromatic N) is 2. The highest BCUT2D eigenvalue weighted by molar-refractivity contribution is 7.89. The maximum Gasteiger partial charge on any atom is 0.241 e. The zero-order valence-electron chi connectivity index (χ0n) is 11.7. The Morgan fingerprint density at radius 1 is 1.45 bits per heavy atom. The molecule has 1 aromatic rings. The zero-order valence-corrected chi connectivity index (χ0v) is 12.5. The van der Waals surface area contributed by atoms with Crippen molar-refractivity contribution in [1.82, 2.24) is 9.62 Å². The molecule has 1 amide bonds. The summed E-state index contributed by atoms with van der Waals surface area (Å²) in [5.41, 5.74) is 0.857. The quantitative estimate of drug-likeness (QED) is 0.862. The molecule has 0 heterocycles. The largest absolute Gasteiger partial charge is 0.345 e. The van der Waals surface area contributed by atoms with Crippen molar-refractivity contribution in [3.8, 4) is 6.07 Å². The zero-order chi connectivity index (χ0) is 15.3. The lowest BCUT2D eigenvalue weighted by molar-refractivity contribution is -0.128. The van der Waals surface area contributed by atoms with Crippen LogP contribution in [0.4, 0.5) is 0 Å². The molecule has 0 bridgehead atoms. The summed E-state index contributed by atoms with van der Waals surface area (Å²) < 4.78 is 26.5. The molecule has 0 aliphatic rings. The van der Waals surface area contributed by atoms with Crippen molar-refractivity contribution in [3.63, 3.8) is 0 Å². The van der Waals surface area contributed by atoms with E-state index in [-0.39, 0.29) is 17.3 Å². The number of benzene rings is 1. The summed E-state index contributed by atoms with van der Waals surface area (Å²) in [6, 6.07) is 6.24. The highest BCUT2D eigenvalue weighted by Crippen LogP contribution is 2.16. The molecule has 0 unspecified atom stereocenters. The smallest absolute Gasteiger partial charge is 0.241 e. The molecule has 0 aromatic heterocycles. The van der Waals surface area contributed by atoms with Crippen LogP contribution in [0.25, 0.3) is 0 Å². The standard InChI is InChI=1S/C13H17N3O3S/c1-4-16(3)13(17)9-15-20(18,19)12-6-5-11(8-14)7-10(12)2/h5-7,15H,4,9H2,1-3H3. The summed E-state index contributed by atoms with van der Waals surface area (Å²) in [5.74, 6) is -0.303. The van der Waals surface area contributed by atoms with Crippen molar-refractivity contribution < 1.29 is 13.2 Å². The second-order valence-electron chi connectivity index (χ2n) is 4.32. The second kappa shape index (κ2) is 6.50. The van der Waals surface area contributed by atoms with Gasteiger partial charge in [-0.1, -0.05) is 0 Å². The molecular formula is C13H17N3O3S. The Kier molecular flexibility index (Phi) is 5.25. The maximum absolute atomic E-state index is 12.1. The number of nitriles is 1. The molecule has 108 valence electrons. The second-order valence-corrected chi connectivity index (χ2v) is 6.06. The Bertz CT molecular complexity index is 647. The van der Waals surface area contributed by atoms with Gasteiger partial charge in [0.25, 0.3) is 0 Å². The van der Waals surface area contributed by atoms with Crippen LogP contribution in [0.5, 0.6) is 0 Å². The summed E-state index contributed by atoms with van der Waals surface area (Å²) >= 11 is 0. The topological polar surface area (TPSA) is 90.3 Å². The highest BCUT2D eigenvalue weighted by Gasteiger charge is 2.19. The van der Waals surface area contributed by atoms with Crippen molar-refractivity contribution in [2.24, 2.45) is 0 Å². The first kappa shape index (κ1) is 16.1. The molecule has 0 atom stereocenters. The van der Waals surface area contributed by atoms with Crippen LogP contribution in [-0.4, -0.2) is 39.4 Å². The van der Waals surface area contributed by atoms with Gasteiger partial charge in [-0.15, -0.1) is 0 Å². The Balaban J connectivity index is 2.90. The fourth-order valence-corrected chi connectivity index (χ4v) is 2.77. The lowest BCUT2D eigenvalue weighted by atomic mass is 10.2. The number of carbonyl (C=O) groups excluding carboxylic acids is 1. The van der Waals surface area contributed by atoms with Gasteiger partial charge in [-0.2, -0.15) is 5.26 Å². The van der Waals surface area contributed by atoms with E-state index in [1.807, 2.05) is 6.07 Å². The molecule has 6 nitrogen and oxygen atoms in total. The van der Waals surface area contributed by atoms with Crippen molar-refractivity contribution in [3.05, 3.63) is 29.3 Å². The van der Waals surface area contributed by atoms with E-state index in [1.165, 1.54) is 23.1 Å². The van der Waals surface area contributed by atoms with Crippen LogP contribution >= 0.6 is 0 Å². The van der Waals surface area contributed by atoms with Crippen molar-refractivity contribution in [1.29, 1.82) is 5.26 Å². The van der Waals surface area contributed by atoms with Crippen molar-refractivity contribution in [2.45, 2.75) is 18.7 Å². The SMILES string of the molecule is CCN(C)C(=O)CNS(=O)(=O)c1ccc(C#N)cc1C. The molecule has 7 heteroatoms. The number of carbonyl (C=O) groups is 1. The summed E-state index contributed by atoms with van der Waals surface area (Å²) in [5, 5.41) is 8.75. The molecular weight excluding hydrogens is 278 g/mol. The van der Waals surface area contributed by atoms with Crippen LogP contribution in [0.2, 0.25) is 0 Å². The summed E-state index contributed by atoms with van der Waals surface area (Å²) in [4.78, 5) is 13.1. The minimum atomic E-state index is -3.76. The fraction of sp³-hybridized carbons (Fsp3) is 0.385. The molecule has 0 fully saturated rings. The third-order valence-electron chi connectivity index (χ3n) is 2.91. The van der Waals surface area contributed by atoms with Crippen molar-refractivity contribution >= 4 is 15.9 Å². The summed E-state index contributed by atoms with van der Waals surface area (Å²) in [6.07, 6.45) is 0. The van der Waals surface area contributed by atoms with Crippen LogP contribution in [0.15, 0.2) is 23.1 Å². The number of amides is 1. The van der Waals surface area contributed by atoms with Crippen LogP contribution in [0.1, 0.15) is 18.1 Å². The molecule has 1 N–H and O–H groups in total. The maximum atomic E-state index is 12.1. The summed E-state index contributed by atoms with van der Waals surface area (Å²) in [6.45, 7) is 3.63. The van der Waals surface area contributed by atoms with Crippen LogP contribution in [0.3, 0.4) is 0 Å². The number of sulfonamides is 1.